The summed E-state index contributed by atoms with van der Waals surface area (Å²) in [7, 11) is 0. The van der Waals surface area contributed by atoms with Crippen LogP contribution in [-0.2, 0) is 4.74 Å². The Kier molecular flexibility index (Phi) is 4.89. The van der Waals surface area contributed by atoms with Crippen LogP contribution in [0.4, 0.5) is 5.82 Å². The van der Waals surface area contributed by atoms with Crippen LogP contribution in [0.25, 0.3) is 6.08 Å². The number of halogens is 1. The SMILES string of the molecule is O=c1nc(NO)c(/C=C/Br)cn1[C@H]1C[C@H](O)[C@@H](CO)O1. The molecule has 110 valence electrons. The van der Waals surface area contributed by atoms with Gasteiger partial charge in [-0.2, -0.15) is 4.98 Å². The number of nitrogens with one attached hydrogen (secondary N) is 1. The number of aliphatic hydroxyl groups excluding tert-OH is 2. The van der Waals surface area contributed by atoms with Gasteiger partial charge < -0.3 is 14.9 Å². The Bertz CT molecular complexity index is 561. The van der Waals surface area contributed by atoms with Gasteiger partial charge >= 0.3 is 5.69 Å². The first kappa shape index (κ1) is 15.1. The Balaban J connectivity index is 2.38. The van der Waals surface area contributed by atoms with Crippen LogP contribution in [0.3, 0.4) is 0 Å². The van der Waals surface area contributed by atoms with Crippen molar-refractivity contribution in [2.24, 2.45) is 0 Å². The van der Waals surface area contributed by atoms with Crippen molar-refractivity contribution in [3.63, 3.8) is 0 Å². The van der Waals surface area contributed by atoms with Crippen LogP contribution in [-0.4, -0.2) is 43.8 Å². The van der Waals surface area contributed by atoms with Crippen molar-refractivity contribution >= 4 is 27.8 Å². The fourth-order valence-electron chi connectivity index (χ4n) is 2.02. The molecule has 1 fully saturated rings. The summed E-state index contributed by atoms with van der Waals surface area (Å²) >= 11 is 3.10. The lowest BCUT2D eigenvalue weighted by Crippen LogP contribution is -2.28. The minimum absolute atomic E-state index is 0.0132. The molecule has 0 radical (unpaired) electrons. The highest BCUT2D eigenvalue weighted by Crippen LogP contribution is 2.28. The highest BCUT2D eigenvalue weighted by molar-refractivity contribution is 9.11. The third-order valence-electron chi connectivity index (χ3n) is 3.02. The fraction of sp³-hybridized carbons (Fsp3) is 0.455. The average Bonchev–Trinajstić information content (AvgIpc) is 2.81. The van der Waals surface area contributed by atoms with Crippen molar-refractivity contribution in [1.29, 1.82) is 0 Å². The zero-order chi connectivity index (χ0) is 14.7. The molecule has 1 aromatic rings. The Morgan fingerprint density at radius 2 is 2.40 bits per heavy atom. The highest BCUT2D eigenvalue weighted by Gasteiger charge is 2.35. The number of anilines is 1. The van der Waals surface area contributed by atoms with Gasteiger partial charge in [0.15, 0.2) is 5.82 Å². The van der Waals surface area contributed by atoms with Gasteiger partial charge in [0.1, 0.15) is 12.3 Å². The molecular weight excluding hydrogens is 334 g/mol. The number of rotatable bonds is 4. The zero-order valence-corrected chi connectivity index (χ0v) is 11.9. The van der Waals surface area contributed by atoms with Gasteiger partial charge in [-0.15, -0.1) is 0 Å². The standard InChI is InChI=1S/C11H14BrN3O5/c12-2-1-6-4-15(11(18)13-10(6)14-19)9-3-7(17)8(5-16)20-9/h1-2,4,7-9,16-17,19H,3,5H2,(H,13,14,18)/b2-1+/t7-,8+,9+/m0/s1. The summed E-state index contributed by atoms with van der Waals surface area (Å²) in [6.45, 7) is -0.329. The number of nitrogens with zero attached hydrogens (tertiary/aromatic N) is 2. The lowest BCUT2D eigenvalue weighted by molar-refractivity contribution is -0.0458. The second kappa shape index (κ2) is 6.46. The molecule has 0 saturated carbocycles. The van der Waals surface area contributed by atoms with E-state index in [-0.39, 0.29) is 18.8 Å². The fourth-order valence-corrected chi connectivity index (χ4v) is 2.30. The summed E-state index contributed by atoms with van der Waals surface area (Å²) < 4.78 is 6.61. The second-order valence-electron chi connectivity index (χ2n) is 4.25. The molecule has 0 bridgehead atoms. The van der Waals surface area contributed by atoms with E-state index in [1.54, 1.807) is 11.1 Å². The molecule has 1 saturated heterocycles. The summed E-state index contributed by atoms with van der Waals surface area (Å²) in [4.78, 5) is 17.1. The second-order valence-corrected chi connectivity index (χ2v) is 4.78. The maximum Gasteiger partial charge on any atom is 0.351 e. The summed E-state index contributed by atoms with van der Waals surface area (Å²) in [5.41, 5.74) is 1.66. The summed E-state index contributed by atoms with van der Waals surface area (Å²) in [6, 6.07) is 0. The van der Waals surface area contributed by atoms with E-state index in [0.29, 0.717) is 5.56 Å². The van der Waals surface area contributed by atoms with Gasteiger partial charge in [-0.3, -0.25) is 15.3 Å². The van der Waals surface area contributed by atoms with Gasteiger partial charge in [-0.25, -0.2) is 4.79 Å². The molecule has 2 rings (SSSR count). The van der Waals surface area contributed by atoms with Crippen LogP contribution >= 0.6 is 15.9 Å². The first-order chi connectivity index (χ1) is 9.60. The molecule has 1 aromatic heterocycles. The third-order valence-corrected chi connectivity index (χ3v) is 3.29. The van der Waals surface area contributed by atoms with Crippen LogP contribution in [0.15, 0.2) is 16.0 Å². The van der Waals surface area contributed by atoms with Gasteiger partial charge in [0.25, 0.3) is 0 Å². The normalized spacial score (nSPS) is 26.3. The number of aromatic nitrogens is 2. The van der Waals surface area contributed by atoms with Crippen molar-refractivity contribution < 1.29 is 20.2 Å². The van der Waals surface area contributed by atoms with E-state index < -0.39 is 24.1 Å². The van der Waals surface area contributed by atoms with E-state index in [1.165, 1.54) is 10.8 Å². The lowest BCUT2D eigenvalue weighted by Gasteiger charge is -2.15. The van der Waals surface area contributed by atoms with Gasteiger partial charge in [0.05, 0.1) is 12.7 Å². The molecule has 1 aliphatic heterocycles. The van der Waals surface area contributed by atoms with Crippen molar-refractivity contribution in [2.45, 2.75) is 24.9 Å². The molecule has 1 aliphatic rings. The number of hydrogen-bond acceptors (Lipinski definition) is 7. The summed E-state index contributed by atoms with van der Waals surface area (Å²) in [6.07, 6.45) is 0.924. The van der Waals surface area contributed by atoms with E-state index in [9.17, 15) is 9.90 Å². The third kappa shape index (κ3) is 2.91. The quantitative estimate of drug-likeness (QED) is 0.568. The number of hydrogen-bond donors (Lipinski definition) is 4. The molecule has 0 aromatic carbocycles. The molecule has 4 N–H and O–H groups in total. The Morgan fingerprint density at radius 1 is 1.65 bits per heavy atom. The van der Waals surface area contributed by atoms with Crippen LogP contribution in [0.5, 0.6) is 0 Å². The molecule has 2 heterocycles. The average molecular weight is 348 g/mol. The molecule has 0 aliphatic carbocycles. The van der Waals surface area contributed by atoms with E-state index in [1.807, 2.05) is 5.48 Å². The molecular formula is C11H14BrN3O5. The maximum absolute atomic E-state index is 11.9. The van der Waals surface area contributed by atoms with Crippen LogP contribution in [0, 0.1) is 0 Å². The summed E-state index contributed by atoms with van der Waals surface area (Å²) in [5.74, 6) is 0.0132. The topological polar surface area (TPSA) is 117 Å². The first-order valence-electron chi connectivity index (χ1n) is 5.85. The lowest BCUT2D eigenvalue weighted by atomic mass is 10.2. The molecule has 3 atom stereocenters. The smallest absolute Gasteiger partial charge is 0.351 e. The van der Waals surface area contributed by atoms with E-state index >= 15 is 0 Å². The van der Waals surface area contributed by atoms with Crippen LogP contribution in [0.2, 0.25) is 0 Å². The predicted molar refractivity (Wildman–Crippen MR) is 73.5 cm³/mol. The number of ether oxygens (including phenoxy) is 1. The van der Waals surface area contributed by atoms with Crippen molar-refractivity contribution in [2.75, 3.05) is 12.1 Å². The van der Waals surface area contributed by atoms with Crippen molar-refractivity contribution in [3.8, 4) is 0 Å². The van der Waals surface area contributed by atoms with Gasteiger partial charge in [0, 0.05) is 18.2 Å². The van der Waals surface area contributed by atoms with Crippen molar-refractivity contribution in [3.05, 3.63) is 27.2 Å². The Labute approximate surface area is 122 Å². The first-order valence-corrected chi connectivity index (χ1v) is 6.76. The van der Waals surface area contributed by atoms with Crippen molar-refractivity contribution in [1.82, 2.24) is 9.55 Å². The number of aliphatic hydroxyl groups is 2. The van der Waals surface area contributed by atoms with Crippen LogP contribution in [0.1, 0.15) is 18.2 Å². The van der Waals surface area contributed by atoms with Crippen LogP contribution < -0.4 is 11.2 Å². The highest BCUT2D eigenvalue weighted by atomic mass is 79.9. The molecule has 9 heteroatoms. The Morgan fingerprint density at radius 3 is 2.95 bits per heavy atom. The largest absolute Gasteiger partial charge is 0.394 e. The minimum Gasteiger partial charge on any atom is -0.394 e. The molecule has 8 nitrogen and oxygen atoms in total. The predicted octanol–water partition coefficient (Wildman–Crippen LogP) is 0.0507. The molecule has 0 amide bonds. The van der Waals surface area contributed by atoms with Gasteiger partial charge in [-0.05, 0) is 11.1 Å². The molecule has 20 heavy (non-hydrogen) atoms. The van der Waals surface area contributed by atoms with Gasteiger partial charge in [0.2, 0.25) is 0 Å². The molecule has 0 unspecified atom stereocenters. The molecule has 0 spiro atoms. The van der Waals surface area contributed by atoms with E-state index in [0.717, 1.165) is 0 Å². The van der Waals surface area contributed by atoms with Gasteiger partial charge in [-0.1, -0.05) is 15.9 Å². The summed E-state index contributed by atoms with van der Waals surface area (Å²) in [5, 5.41) is 27.7. The van der Waals surface area contributed by atoms with E-state index in [4.69, 9.17) is 15.1 Å². The Hall–Kier alpha value is -1.26. The van der Waals surface area contributed by atoms with E-state index in [2.05, 4.69) is 20.9 Å². The minimum atomic E-state index is -0.845. The maximum atomic E-state index is 11.9. The zero-order valence-electron chi connectivity index (χ0n) is 10.3. The monoisotopic (exact) mass is 347 g/mol.